The van der Waals surface area contributed by atoms with E-state index >= 15 is 0 Å². The van der Waals surface area contributed by atoms with Crippen LogP contribution >= 0.6 is 0 Å². The van der Waals surface area contributed by atoms with Crippen molar-refractivity contribution in [2.75, 3.05) is 19.6 Å². The van der Waals surface area contributed by atoms with Gasteiger partial charge in [-0.25, -0.2) is 19.6 Å². The van der Waals surface area contributed by atoms with Gasteiger partial charge in [0.05, 0.1) is 19.0 Å². The number of carbonyl (C=O) groups is 1. The summed E-state index contributed by atoms with van der Waals surface area (Å²) in [6.45, 7) is 3.45. The summed E-state index contributed by atoms with van der Waals surface area (Å²) < 4.78 is 1.87. The van der Waals surface area contributed by atoms with Crippen molar-refractivity contribution in [3.05, 3.63) is 23.8 Å². The molecule has 1 saturated carbocycles. The number of amides is 1. The molecule has 0 aromatic carbocycles. The Kier molecular flexibility index (Phi) is 3.12. The van der Waals surface area contributed by atoms with Crippen LogP contribution < -0.4 is 5.32 Å². The summed E-state index contributed by atoms with van der Waals surface area (Å²) in [6, 6.07) is 0. The molecule has 0 radical (unpaired) electrons. The quantitative estimate of drug-likeness (QED) is 0.866. The molecular formula is C16H19N7O. The van der Waals surface area contributed by atoms with E-state index in [4.69, 9.17) is 0 Å². The SMILES string of the molecule is O=C(C1CNC1)N1CCn2nc(-c3ncc(C4CC4)cn3)nc2C1. The molecule has 0 atom stereocenters. The van der Waals surface area contributed by atoms with Crippen LogP contribution in [0.15, 0.2) is 12.4 Å². The first kappa shape index (κ1) is 14.0. The fourth-order valence-electron chi connectivity index (χ4n) is 3.22. The van der Waals surface area contributed by atoms with Crippen LogP contribution in [0.3, 0.4) is 0 Å². The van der Waals surface area contributed by atoms with Gasteiger partial charge in [-0.1, -0.05) is 0 Å². The summed E-state index contributed by atoms with van der Waals surface area (Å²) in [4.78, 5) is 27.7. The van der Waals surface area contributed by atoms with Gasteiger partial charge in [0.1, 0.15) is 5.82 Å². The third-order valence-corrected chi connectivity index (χ3v) is 5.03. The second-order valence-electron chi connectivity index (χ2n) is 6.80. The maximum absolute atomic E-state index is 12.4. The molecule has 1 amide bonds. The highest BCUT2D eigenvalue weighted by atomic mass is 16.2. The van der Waals surface area contributed by atoms with Crippen LogP contribution in [0.2, 0.25) is 0 Å². The monoisotopic (exact) mass is 325 g/mol. The molecule has 1 saturated heterocycles. The van der Waals surface area contributed by atoms with Crippen molar-refractivity contribution in [3.8, 4) is 11.6 Å². The topological polar surface area (TPSA) is 88.8 Å². The Morgan fingerprint density at radius 1 is 1.12 bits per heavy atom. The molecule has 5 rings (SSSR count). The van der Waals surface area contributed by atoms with Gasteiger partial charge in [0.15, 0.2) is 5.82 Å². The van der Waals surface area contributed by atoms with Crippen molar-refractivity contribution in [3.63, 3.8) is 0 Å². The van der Waals surface area contributed by atoms with E-state index in [0.717, 1.165) is 18.9 Å². The summed E-state index contributed by atoms with van der Waals surface area (Å²) in [5, 5.41) is 7.66. The standard InChI is InChI=1S/C16H19N7O/c24-16(12-5-17-6-12)22-3-4-23-13(9-22)20-15(21-23)14-18-7-11(8-19-14)10-1-2-10/h7-8,10,12,17H,1-6,9H2. The molecule has 24 heavy (non-hydrogen) atoms. The lowest BCUT2D eigenvalue weighted by molar-refractivity contribution is -0.138. The van der Waals surface area contributed by atoms with Crippen LogP contribution in [0.5, 0.6) is 0 Å². The van der Waals surface area contributed by atoms with Gasteiger partial charge in [-0.15, -0.1) is 5.10 Å². The summed E-state index contributed by atoms with van der Waals surface area (Å²) in [7, 11) is 0. The van der Waals surface area contributed by atoms with Gasteiger partial charge >= 0.3 is 0 Å². The van der Waals surface area contributed by atoms with Crippen molar-refractivity contribution >= 4 is 5.91 Å². The molecule has 1 aliphatic carbocycles. The van der Waals surface area contributed by atoms with Crippen LogP contribution in [-0.2, 0) is 17.9 Å². The number of rotatable bonds is 3. The molecule has 3 aliphatic rings. The molecule has 1 N–H and O–H groups in total. The van der Waals surface area contributed by atoms with E-state index < -0.39 is 0 Å². The average molecular weight is 325 g/mol. The van der Waals surface area contributed by atoms with Crippen molar-refractivity contribution in [2.45, 2.75) is 31.8 Å². The van der Waals surface area contributed by atoms with E-state index in [1.54, 1.807) is 0 Å². The zero-order valence-electron chi connectivity index (χ0n) is 13.4. The van der Waals surface area contributed by atoms with Crippen molar-refractivity contribution < 1.29 is 4.79 Å². The molecule has 8 nitrogen and oxygen atoms in total. The maximum Gasteiger partial charge on any atom is 0.228 e. The highest BCUT2D eigenvalue weighted by Gasteiger charge is 2.32. The number of fused-ring (bicyclic) bond motifs is 1. The molecule has 8 heteroatoms. The first-order chi connectivity index (χ1) is 11.8. The van der Waals surface area contributed by atoms with Crippen molar-refractivity contribution in [1.29, 1.82) is 0 Å². The van der Waals surface area contributed by atoms with E-state index in [1.807, 2.05) is 22.0 Å². The fourth-order valence-corrected chi connectivity index (χ4v) is 3.22. The second-order valence-corrected chi connectivity index (χ2v) is 6.80. The Hall–Kier alpha value is -2.35. The first-order valence-electron chi connectivity index (χ1n) is 8.53. The smallest absolute Gasteiger partial charge is 0.228 e. The van der Waals surface area contributed by atoms with Gasteiger partial charge in [-0.3, -0.25) is 4.79 Å². The van der Waals surface area contributed by atoms with Gasteiger partial charge in [0.25, 0.3) is 0 Å². The maximum atomic E-state index is 12.4. The van der Waals surface area contributed by atoms with E-state index in [-0.39, 0.29) is 11.8 Å². The lowest BCUT2D eigenvalue weighted by atomic mass is 10.0. The van der Waals surface area contributed by atoms with Crippen LogP contribution in [0, 0.1) is 5.92 Å². The molecule has 2 aromatic heterocycles. The van der Waals surface area contributed by atoms with E-state index in [1.165, 1.54) is 18.4 Å². The van der Waals surface area contributed by atoms with Gasteiger partial charge in [-0.05, 0) is 24.3 Å². The minimum atomic E-state index is 0.122. The molecule has 0 bridgehead atoms. The molecule has 124 valence electrons. The minimum absolute atomic E-state index is 0.122. The largest absolute Gasteiger partial charge is 0.333 e. The third kappa shape index (κ3) is 2.37. The lowest BCUT2D eigenvalue weighted by Crippen LogP contribution is -2.53. The minimum Gasteiger partial charge on any atom is -0.333 e. The predicted octanol–water partition coefficient (Wildman–Crippen LogP) is 0.174. The highest BCUT2D eigenvalue weighted by Crippen LogP contribution is 2.39. The Labute approximate surface area is 139 Å². The summed E-state index contributed by atoms with van der Waals surface area (Å²) in [6.07, 6.45) is 6.25. The Bertz CT molecular complexity index is 776. The molecule has 2 aromatic rings. The molecule has 0 unspecified atom stereocenters. The van der Waals surface area contributed by atoms with Crippen LogP contribution in [0.4, 0.5) is 0 Å². The Morgan fingerprint density at radius 2 is 1.92 bits per heavy atom. The average Bonchev–Trinajstić information content (AvgIpc) is 3.32. The third-order valence-electron chi connectivity index (χ3n) is 5.03. The molecule has 0 spiro atoms. The zero-order chi connectivity index (χ0) is 16.1. The van der Waals surface area contributed by atoms with E-state index in [0.29, 0.717) is 37.2 Å². The van der Waals surface area contributed by atoms with Gasteiger partial charge in [0, 0.05) is 32.0 Å². The molecule has 2 fully saturated rings. The number of hydrogen-bond acceptors (Lipinski definition) is 6. The lowest BCUT2D eigenvalue weighted by Gasteiger charge is -2.34. The Balaban J connectivity index is 1.35. The van der Waals surface area contributed by atoms with Gasteiger partial charge in [0.2, 0.25) is 11.7 Å². The predicted molar refractivity (Wildman–Crippen MR) is 84.8 cm³/mol. The normalized spacial score (nSPS) is 20.6. The second kappa shape index (κ2) is 5.34. The van der Waals surface area contributed by atoms with Gasteiger partial charge < -0.3 is 10.2 Å². The van der Waals surface area contributed by atoms with E-state index in [9.17, 15) is 4.79 Å². The van der Waals surface area contributed by atoms with Crippen LogP contribution in [0.25, 0.3) is 11.6 Å². The van der Waals surface area contributed by atoms with Crippen LogP contribution in [-0.4, -0.2) is 55.2 Å². The number of nitrogens with zero attached hydrogens (tertiary/aromatic N) is 6. The zero-order valence-corrected chi connectivity index (χ0v) is 13.4. The summed E-state index contributed by atoms with van der Waals surface area (Å²) >= 11 is 0. The van der Waals surface area contributed by atoms with E-state index in [2.05, 4.69) is 25.4 Å². The first-order valence-corrected chi connectivity index (χ1v) is 8.53. The fraction of sp³-hybridized carbons (Fsp3) is 0.562. The van der Waals surface area contributed by atoms with Crippen molar-refractivity contribution in [1.82, 2.24) is 34.9 Å². The Morgan fingerprint density at radius 3 is 2.58 bits per heavy atom. The number of aromatic nitrogens is 5. The molecule has 4 heterocycles. The highest BCUT2D eigenvalue weighted by molar-refractivity contribution is 5.80. The van der Waals surface area contributed by atoms with Gasteiger partial charge in [-0.2, -0.15) is 0 Å². The molecular weight excluding hydrogens is 306 g/mol. The number of hydrogen-bond donors (Lipinski definition) is 1. The molecule has 2 aliphatic heterocycles. The van der Waals surface area contributed by atoms with Crippen LogP contribution in [0.1, 0.15) is 30.1 Å². The number of carbonyl (C=O) groups excluding carboxylic acids is 1. The van der Waals surface area contributed by atoms with Crippen molar-refractivity contribution in [2.24, 2.45) is 5.92 Å². The summed E-state index contributed by atoms with van der Waals surface area (Å²) in [5.74, 6) is 2.90. The number of nitrogens with one attached hydrogen (secondary N) is 1. The summed E-state index contributed by atoms with van der Waals surface area (Å²) in [5.41, 5.74) is 1.20.